The maximum Gasteiger partial charge on any atom is 0.0353 e. The zero-order chi connectivity index (χ0) is 10.1. The monoisotopic (exact) mass is 203 g/mol. The number of nitrogens with two attached hydrogens (primary N) is 1. The highest BCUT2D eigenvalue weighted by molar-refractivity contribution is 7.19. The molecule has 2 aromatic rings. The largest absolute Gasteiger partial charge is 0.399 e. The van der Waals surface area contributed by atoms with Crippen LogP contribution in [-0.4, -0.2) is 0 Å². The number of rotatable bonds is 2. The van der Waals surface area contributed by atoms with Crippen molar-refractivity contribution in [1.29, 1.82) is 0 Å². The number of anilines is 1. The molecule has 0 saturated heterocycles. The molecule has 1 heterocycles. The first-order valence-corrected chi connectivity index (χ1v) is 5.51. The number of hydrogen-bond acceptors (Lipinski definition) is 2. The van der Waals surface area contributed by atoms with Crippen molar-refractivity contribution in [2.24, 2.45) is 0 Å². The Morgan fingerprint density at radius 1 is 1.50 bits per heavy atom. The summed E-state index contributed by atoms with van der Waals surface area (Å²) >= 11 is 1.83. The van der Waals surface area contributed by atoms with E-state index in [4.69, 9.17) is 5.73 Å². The van der Waals surface area contributed by atoms with Crippen LogP contribution in [0.3, 0.4) is 0 Å². The highest BCUT2D eigenvalue weighted by Gasteiger charge is 2.07. The topological polar surface area (TPSA) is 26.0 Å². The quantitative estimate of drug-likeness (QED) is 0.740. The Labute approximate surface area is 87.9 Å². The molecule has 0 saturated carbocycles. The minimum Gasteiger partial charge on any atom is -0.399 e. The lowest BCUT2D eigenvalue weighted by Crippen LogP contribution is -1.83. The van der Waals surface area contributed by atoms with Crippen LogP contribution in [0, 0.1) is 0 Å². The van der Waals surface area contributed by atoms with Gasteiger partial charge >= 0.3 is 0 Å². The number of thiophene rings is 1. The normalized spacial score (nSPS) is 10.6. The Kier molecular flexibility index (Phi) is 2.30. The molecule has 0 atom stereocenters. The van der Waals surface area contributed by atoms with E-state index in [1.807, 2.05) is 29.5 Å². The van der Waals surface area contributed by atoms with Crippen molar-refractivity contribution in [1.82, 2.24) is 0 Å². The van der Waals surface area contributed by atoms with Crippen LogP contribution in [0.5, 0.6) is 0 Å². The first-order valence-electron chi connectivity index (χ1n) is 4.69. The summed E-state index contributed by atoms with van der Waals surface area (Å²) in [5.41, 5.74) is 7.84. The standard InChI is InChI=1S/C12H13NS/c1-3-9-10-7-8(13)5-6-12(10)14-11(9)4-2/h3,5-7H,1,4,13H2,2H3. The summed E-state index contributed by atoms with van der Waals surface area (Å²) < 4.78 is 1.30. The van der Waals surface area contributed by atoms with Crippen molar-refractivity contribution in [2.75, 3.05) is 5.73 Å². The molecule has 0 radical (unpaired) electrons. The summed E-state index contributed by atoms with van der Waals surface area (Å²) in [5, 5.41) is 1.24. The lowest BCUT2D eigenvalue weighted by molar-refractivity contribution is 1.18. The summed E-state index contributed by atoms with van der Waals surface area (Å²) in [5.74, 6) is 0. The fraction of sp³-hybridized carbons (Fsp3) is 0.167. The van der Waals surface area contributed by atoms with Gasteiger partial charge in [-0.05, 0) is 30.2 Å². The molecule has 72 valence electrons. The zero-order valence-corrected chi connectivity index (χ0v) is 9.03. The van der Waals surface area contributed by atoms with Crippen molar-refractivity contribution in [3.63, 3.8) is 0 Å². The maximum absolute atomic E-state index is 5.77. The Hall–Kier alpha value is -1.28. The van der Waals surface area contributed by atoms with Crippen LogP contribution in [0.1, 0.15) is 17.4 Å². The third-order valence-electron chi connectivity index (χ3n) is 2.35. The Morgan fingerprint density at radius 3 is 2.93 bits per heavy atom. The van der Waals surface area contributed by atoms with Gasteiger partial charge in [0.1, 0.15) is 0 Å². The molecule has 1 nitrogen and oxygen atoms in total. The van der Waals surface area contributed by atoms with E-state index >= 15 is 0 Å². The molecule has 0 aliphatic rings. The third kappa shape index (κ3) is 1.32. The van der Waals surface area contributed by atoms with Gasteiger partial charge in [0.15, 0.2) is 0 Å². The Bertz CT molecular complexity index is 482. The van der Waals surface area contributed by atoms with Crippen molar-refractivity contribution in [3.8, 4) is 0 Å². The SMILES string of the molecule is C=Cc1c(CC)sc2ccc(N)cc12. The molecule has 0 spiro atoms. The Balaban J connectivity index is 2.81. The van der Waals surface area contributed by atoms with Crippen molar-refractivity contribution in [3.05, 3.63) is 35.2 Å². The van der Waals surface area contributed by atoms with Crippen LogP contribution < -0.4 is 5.73 Å². The van der Waals surface area contributed by atoms with Crippen molar-refractivity contribution >= 4 is 33.2 Å². The molecular weight excluding hydrogens is 190 g/mol. The molecule has 2 heteroatoms. The van der Waals surface area contributed by atoms with Crippen LogP contribution in [0.4, 0.5) is 5.69 Å². The fourth-order valence-corrected chi connectivity index (χ4v) is 2.80. The van der Waals surface area contributed by atoms with Gasteiger partial charge in [0.25, 0.3) is 0 Å². The van der Waals surface area contributed by atoms with Gasteiger partial charge < -0.3 is 5.73 Å². The van der Waals surface area contributed by atoms with Gasteiger partial charge in [-0.25, -0.2) is 0 Å². The summed E-state index contributed by atoms with van der Waals surface area (Å²) in [4.78, 5) is 1.39. The molecule has 0 amide bonds. The summed E-state index contributed by atoms with van der Waals surface area (Å²) in [7, 11) is 0. The number of aryl methyl sites for hydroxylation is 1. The van der Waals surface area contributed by atoms with E-state index in [9.17, 15) is 0 Å². The molecular formula is C12H13NS. The van der Waals surface area contributed by atoms with Gasteiger partial charge in [0.05, 0.1) is 0 Å². The zero-order valence-electron chi connectivity index (χ0n) is 8.21. The minimum absolute atomic E-state index is 0.820. The molecule has 0 unspecified atom stereocenters. The molecule has 2 rings (SSSR count). The van der Waals surface area contributed by atoms with E-state index in [2.05, 4.69) is 19.6 Å². The fourth-order valence-electron chi connectivity index (χ4n) is 1.67. The van der Waals surface area contributed by atoms with Gasteiger partial charge in [-0.15, -0.1) is 11.3 Å². The second kappa shape index (κ2) is 3.46. The van der Waals surface area contributed by atoms with Crippen LogP contribution >= 0.6 is 11.3 Å². The first-order chi connectivity index (χ1) is 6.76. The number of hydrogen-bond donors (Lipinski definition) is 1. The predicted molar refractivity (Wildman–Crippen MR) is 65.7 cm³/mol. The molecule has 0 fully saturated rings. The second-order valence-electron chi connectivity index (χ2n) is 3.25. The maximum atomic E-state index is 5.77. The van der Waals surface area contributed by atoms with Gasteiger partial charge in [-0.3, -0.25) is 0 Å². The van der Waals surface area contributed by atoms with E-state index in [-0.39, 0.29) is 0 Å². The smallest absolute Gasteiger partial charge is 0.0353 e. The highest BCUT2D eigenvalue weighted by atomic mass is 32.1. The average Bonchev–Trinajstić information content (AvgIpc) is 2.54. The lowest BCUT2D eigenvalue weighted by Gasteiger charge is -1.95. The molecule has 1 aromatic heterocycles. The van der Waals surface area contributed by atoms with Gasteiger partial charge in [0.2, 0.25) is 0 Å². The Morgan fingerprint density at radius 2 is 2.29 bits per heavy atom. The van der Waals surface area contributed by atoms with Gasteiger partial charge in [-0.1, -0.05) is 19.6 Å². The third-order valence-corrected chi connectivity index (χ3v) is 3.68. The van der Waals surface area contributed by atoms with E-state index in [0.29, 0.717) is 0 Å². The van der Waals surface area contributed by atoms with E-state index < -0.39 is 0 Å². The van der Waals surface area contributed by atoms with Crippen LogP contribution in [-0.2, 0) is 6.42 Å². The molecule has 14 heavy (non-hydrogen) atoms. The lowest BCUT2D eigenvalue weighted by atomic mass is 10.1. The van der Waals surface area contributed by atoms with E-state index in [1.54, 1.807) is 0 Å². The van der Waals surface area contributed by atoms with Gasteiger partial charge in [-0.2, -0.15) is 0 Å². The van der Waals surface area contributed by atoms with Crippen LogP contribution in [0.25, 0.3) is 16.2 Å². The molecule has 0 aliphatic carbocycles. The molecule has 1 aromatic carbocycles. The first kappa shape index (κ1) is 9.28. The second-order valence-corrected chi connectivity index (χ2v) is 4.39. The minimum atomic E-state index is 0.820. The number of fused-ring (bicyclic) bond motifs is 1. The van der Waals surface area contributed by atoms with Crippen molar-refractivity contribution < 1.29 is 0 Å². The number of nitrogen functional groups attached to an aromatic ring is 1. The van der Waals surface area contributed by atoms with Gasteiger partial charge in [0, 0.05) is 20.7 Å². The molecule has 2 N–H and O–H groups in total. The summed E-state index contributed by atoms with van der Waals surface area (Å²) in [6.45, 7) is 6.03. The van der Waals surface area contributed by atoms with Crippen molar-refractivity contribution in [2.45, 2.75) is 13.3 Å². The molecule has 0 bridgehead atoms. The highest BCUT2D eigenvalue weighted by Crippen LogP contribution is 2.33. The predicted octanol–water partition coefficient (Wildman–Crippen LogP) is 3.69. The number of benzene rings is 1. The van der Waals surface area contributed by atoms with Crippen LogP contribution in [0.15, 0.2) is 24.8 Å². The summed E-state index contributed by atoms with van der Waals surface area (Å²) in [6, 6.07) is 6.06. The van der Waals surface area contributed by atoms with E-state index in [0.717, 1.165) is 12.1 Å². The van der Waals surface area contributed by atoms with E-state index in [1.165, 1.54) is 20.5 Å². The van der Waals surface area contributed by atoms with Crippen LogP contribution in [0.2, 0.25) is 0 Å². The molecule has 0 aliphatic heterocycles. The average molecular weight is 203 g/mol. The summed E-state index contributed by atoms with van der Waals surface area (Å²) in [6.07, 6.45) is 2.98.